The van der Waals surface area contributed by atoms with E-state index in [2.05, 4.69) is 20.7 Å². The van der Waals surface area contributed by atoms with Crippen LogP contribution >= 0.6 is 0 Å². The standard InChI is InChI=1S/C16H19N5O3/c1-10-2-6-12(7-3-10)15-18-20-21(19-15)9-14(22)17-13(16(23)24)8-11-4-5-11/h2-3,6-7,11,13H,4-5,8-9H2,1H3,(H,17,22)(H,23,24). The molecule has 1 aromatic carbocycles. The summed E-state index contributed by atoms with van der Waals surface area (Å²) in [4.78, 5) is 24.4. The van der Waals surface area contributed by atoms with Gasteiger partial charge in [0.1, 0.15) is 12.6 Å². The molecule has 0 spiro atoms. The maximum Gasteiger partial charge on any atom is 0.326 e. The lowest BCUT2D eigenvalue weighted by Crippen LogP contribution is -2.42. The Labute approximate surface area is 138 Å². The van der Waals surface area contributed by atoms with Crippen molar-refractivity contribution in [2.24, 2.45) is 5.92 Å². The fraction of sp³-hybridized carbons (Fsp3) is 0.438. The summed E-state index contributed by atoms with van der Waals surface area (Å²) in [6.07, 6.45) is 2.54. The number of amides is 1. The molecule has 0 bridgehead atoms. The smallest absolute Gasteiger partial charge is 0.326 e. The number of carboxylic acid groups (broad SMARTS) is 1. The fourth-order valence-electron chi connectivity index (χ4n) is 2.41. The summed E-state index contributed by atoms with van der Waals surface area (Å²) in [6, 6.07) is 6.79. The number of nitrogens with zero attached hydrogens (tertiary/aromatic N) is 4. The average molecular weight is 329 g/mol. The number of hydrogen-bond donors (Lipinski definition) is 2. The van der Waals surface area contributed by atoms with Crippen LogP contribution in [0.15, 0.2) is 24.3 Å². The van der Waals surface area contributed by atoms with Gasteiger partial charge in [0.25, 0.3) is 0 Å². The van der Waals surface area contributed by atoms with Crippen molar-refractivity contribution in [2.75, 3.05) is 0 Å². The third kappa shape index (κ3) is 4.15. The number of nitrogens with one attached hydrogen (secondary N) is 1. The largest absolute Gasteiger partial charge is 0.480 e. The monoisotopic (exact) mass is 329 g/mol. The Morgan fingerprint density at radius 1 is 1.33 bits per heavy atom. The van der Waals surface area contributed by atoms with Gasteiger partial charge in [0.15, 0.2) is 0 Å². The van der Waals surface area contributed by atoms with E-state index in [0.717, 1.165) is 24.0 Å². The second-order valence-corrected chi connectivity index (χ2v) is 6.15. The van der Waals surface area contributed by atoms with Gasteiger partial charge in [-0.1, -0.05) is 42.7 Å². The lowest BCUT2D eigenvalue weighted by molar-refractivity contribution is -0.142. The summed E-state index contributed by atoms with van der Waals surface area (Å²) in [5.41, 5.74) is 1.94. The molecule has 3 rings (SSSR count). The van der Waals surface area contributed by atoms with Crippen molar-refractivity contribution in [1.29, 1.82) is 0 Å². The normalized spacial score (nSPS) is 15.0. The molecule has 1 aromatic heterocycles. The zero-order valence-corrected chi connectivity index (χ0v) is 13.3. The molecule has 0 radical (unpaired) electrons. The van der Waals surface area contributed by atoms with Crippen LogP contribution in [0.1, 0.15) is 24.8 Å². The van der Waals surface area contributed by atoms with E-state index in [-0.39, 0.29) is 6.54 Å². The van der Waals surface area contributed by atoms with Crippen molar-refractivity contribution in [3.63, 3.8) is 0 Å². The second kappa shape index (κ2) is 6.77. The highest BCUT2D eigenvalue weighted by molar-refractivity contribution is 5.83. The molecule has 1 unspecified atom stereocenters. The van der Waals surface area contributed by atoms with E-state index >= 15 is 0 Å². The van der Waals surface area contributed by atoms with Gasteiger partial charge in [-0.05, 0) is 24.5 Å². The summed E-state index contributed by atoms with van der Waals surface area (Å²) in [6.45, 7) is 1.83. The van der Waals surface area contributed by atoms with Gasteiger partial charge in [-0.3, -0.25) is 4.79 Å². The minimum atomic E-state index is -1.01. The molecule has 2 aromatic rings. The Kier molecular flexibility index (Phi) is 4.54. The molecule has 1 amide bonds. The molecule has 1 aliphatic carbocycles. The van der Waals surface area contributed by atoms with E-state index in [4.69, 9.17) is 0 Å². The molecule has 1 heterocycles. The average Bonchev–Trinajstić information content (AvgIpc) is 3.24. The highest BCUT2D eigenvalue weighted by Crippen LogP contribution is 2.33. The van der Waals surface area contributed by atoms with Gasteiger partial charge in [0.05, 0.1) is 0 Å². The summed E-state index contributed by atoms with van der Waals surface area (Å²) in [5.74, 6) is -0.613. The Hall–Kier alpha value is -2.77. The van der Waals surface area contributed by atoms with Gasteiger partial charge in [-0.2, -0.15) is 4.80 Å². The molecular weight excluding hydrogens is 310 g/mol. The van der Waals surface area contributed by atoms with Crippen LogP contribution < -0.4 is 5.32 Å². The summed E-state index contributed by atoms with van der Waals surface area (Å²) < 4.78 is 0. The number of hydrogen-bond acceptors (Lipinski definition) is 5. The fourth-order valence-corrected chi connectivity index (χ4v) is 2.41. The highest BCUT2D eigenvalue weighted by atomic mass is 16.4. The minimum Gasteiger partial charge on any atom is -0.480 e. The maximum absolute atomic E-state index is 12.0. The van der Waals surface area contributed by atoms with Gasteiger partial charge < -0.3 is 10.4 Å². The first-order chi connectivity index (χ1) is 11.5. The third-order valence-corrected chi connectivity index (χ3v) is 3.95. The number of aliphatic carboxylic acids is 1. The van der Waals surface area contributed by atoms with Crippen LogP contribution in [0.4, 0.5) is 0 Å². The Morgan fingerprint density at radius 2 is 2.04 bits per heavy atom. The molecular formula is C16H19N5O3. The zero-order chi connectivity index (χ0) is 17.1. The predicted octanol–water partition coefficient (Wildman–Crippen LogP) is 1.02. The number of rotatable bonds is 7. The van der Waals surface area contributed by atoms with Crippen LogP contribution in [0.3, 0.4) is 0 Å². The summed E-state index contributed by atoms with van der Waals surface area (Å²) in [5, 5.41) is 23.6. The summed E-state index contributed by atoms with van der Waals surface area (Å²) >= 11 is 0. The van der Waals surface area contributed by atoms with Gasteiger partial charge in [0, 0.05) is 5.56 Å². The van der Waals surface area contributed by atoms with E-state index in [1.54, 1.807) is 0 Å². The van der Waals surface area contributed by atoms with E-state index < -0.39 is 17.9 Å². The number of carbonyl (C=O) groups is 2. The maximum atomic E-state index is 12.0. The van der Waals surface area contributed by atoms with Crippen molar-refractivity contribution in [3.05, 3.63) is 29.8 Å². The lowest BCUT2D eigenvalue weighted by Gasteiger charge is -2.13. The molecule has 0 aliphatic heterocycles. The summed E-state index contributed by atoms with van der Waals surface area (Å²) in [7, 11) is 0. The molecule has 1 aliphatic rings. The van der Waals surface area contributed by atoms with Crippen LogP contribution in [-0.2, 0) is 16.1 Å². The van der Waals surface area contributed by atoms with Crippen LogP contribution in [0.25, 0.3) is 11.4 Å². The van der Waals surface area contributed by atoms with E-state index in [1.165, 1.54) is 4.80 Å². The molecule has 2 N–H and O–H groups in total. The third-order valence-electron chi connectivity index (χ3n) is 3.95. The first-order valence-electron chi connectivity index (χ1n) is 7.88. The Morgan fingerprint density at radius 3 is 2.67 bits per heavy atom. The number of aromatic nitrogens is 4. The van der Waals surface area contributed by atoms with Crippen molar-refractivity contribution in [2.45, 2.75) is 38.8 Å². The predicted molar refractivity (Wildman–Crippen MR) is 84.9 cm³/mol. The first-order valence-corrected chi connectivity index (χ1v) is 7.88. The first kappa shape index (κ1) is 16.1. The van der Waals surface area contributed by atoms with Crippen molar-refractivity contribution >= 4 is 11.9 Å². The lowest BCUT2D eigenvalue weighted by atomic mass is 10.1. The molecule has 8 heteroatoms. The highest BCUT2D eigenvalue weighted by Gasteiger charge is 2.30. The van der Waals surface area contributed by atoms with Crippen molar-refractivity contribution in [1.82, 2.24) is 25.5 Å². The number of tetrazole rings is 1. The number of aryl methyl sites for hydroxylation is 1. The van der Waals surface area contributed by atoms with Gasteiger partial charge >= 0.3 is 5.97 Å². The van der Waals surface area contributed by atoms with E-state index in [0.29, 0.717) is 18.2 Å². The van der Waals surface area contributed by atoms with Gasteiger partial charge in [0.2, 0.25) is 11.7 Å². The Balaban J connectivity index is 1.60. The van der Waals surface area contributed by atoms with Gasteiger partial charge in [-0.25, -0.2) is 4.79 Å². The number of carbonyl (C=O) groups excluding carboxylic acids is 1. The topological polar surface area (TPSA) is 110 Å². The second-order valence-electron chi connectivity index (χ2n) is 6.15. The molecule has 0 saturated heterocycles. The minimum absolute atomic E-state index is 0.159. The van der Waals surface area contributed by atoms with Crippen LogP contribution in [-0.4, -0.2) is 43.2 Å². The molecule has 8 nitrogen and oxygen atoms in total. The number of benzene rings is 1. The SMILES string of the molecule is Cc1ccc(-c2nnn(CC(=O)NC(CC3CC3)C(=O)O)n2)cc1. The van der Waals surface area contributed by atoms with E-state index in [1.807, 2.05) is 31.2 Å². The van der Waals surface area contributed by atoms with Crippen molar-refractivity contribution < 1.29 is 14.7 Å². The van der Waals surface area contributed by atoms with E-state index in [9.17, 15) is 14.7 Å². The van der Waals surface area contributed by atoms with Crippen molar-refractivity contribution in [3.8, 4) is 11.4 Å². The molecule has 1 atom stereocenters. The molecule has 126 valence electrons. The molecule has 1 saturated carbocycles. The zero-order valence-electron chi connectivity index (χ0n) is 13.3. The Bertz CT molecular complexity index is 736. The van der Waals surface area contributed by atoms with Gasteiger partial charge in [-0.15, -0.1) is 10.2 Å². The van der Waals surface area contributed by atoms with Crippen LogP contribution in [0.2, 0.25) is 0 Å². The van der Waals surface area contributed by atoms with Crippen LogP contribution in [0, 0.1) is 12.8 Å². The number of carboxylic acids is 1. The quantitative estimate of drug-likeness (QED) is 0.785. The molecule has 1 fully saturated rings. The molecule has 24 heavy (non-hydrogen) atoms. The van der Waals surface area contributed by atoms with Crippen LogP contribution in [0.5, 0.6) is 0 Å².